The van der Waals surface area contributed by atoms with Gasteiger partial charge in [-0.2, -0.15) is 0 Å². The third-order valence-corrected chi connectivity index (χ3v) is 3.20. The minimum atomic E-state index is -0.464. The highest BCUT2D eigenvalue weighted by Crippen LogP contribution is 2.20. The summed E-state index contributed by atoms with van der Waals surface area (Å²) in [6, 6.07) is 7.81. The van der Waals surface area contributed by atoms with Gasteiger partial charge in [-0.05, 0) is 23.6 Å². The topological polar surface area (TPSA) is 60.3 Å². The highest BCUT2D eigenvalue weighted by molar-refractivity contribution is 9.10. The fourth-order valence-electron chi connectivity index (χ4n) is 1.75. The lowest BCUT2D eigenvalue weighted by molar-refractivity contribution is -0.141. The molecule has 19 heavy (non-hydrogen) atoms. The molecule has 0 bridgehead atoms. The summed E-state index contributed by atoms with van der Waals surface area (Å²) in [4.78, 5) is 22.6. The van der Waals surface area contributed by atoms with Crippen LogP contribution in [0.4, 0.5) is 0 Å². The van der Waals surface area contributed by atoms with Crippen molar-refractivity contribution >= 4 is 38.7 Å². The van der Waals surface area contributed by atoms with Crippen LogP contribution in [-0.2, 0) is 20.9 Å². The second-order valence-electron chi connectivity index (χ2n) is 4.00. The number of fused-ring (bicyclic) bond motifs is 1. The minimum Gasteiger partial charge on any atom is -0.468 e. The van der Waals surface area contributed by atoms with Gasteiger partial charge >= 0.3 is 5.97 Å². The Bertz CT molecular complexity index is 621. The van der Waals surface area contributed by atoms with Gasteiger partial charge in [-0.15, -0.1) is 0 Å². The molecule has 1 heterocycles. The zero-order valence-corrected chi connectivity index (χ0v) is 11.9. The van der Waals surface area contributed by atoms with Gasteiger partial charge in [0.1, 0.15) is 13.1 Å². The first kappa shape index (κ1) is 13.6. The molecule has 1 aromatic heterocycles. The average Bonchev–Trinajstić information content (AvgIpc) is 2.78. The van der Waals surface area contributed by atoms with Gasteiger partial charge in [0.2, 0.25) is 5.91 Å². The van der Waals surface area contributed by atoms with Gasteiger partial charge in [0.25, 0.3) is 0 Å². The van der Waals surface area contributed by atoms with E-state index in [1.807, 2.05) is 35.0 Å². The first-order valence-electron chi connectivity index (χ1n) is 5.68. The molecule has 5 nitrogen and oxygen atoms in total. The molecule has 1 N–H and O–H groups in total. The van der Waals surface area contributed by atoms with E-state index in [0.717, 1.165) is 15.4 Å². The van der Waals surface area contributed by atoms with Crippen LogP contribution < -0.4 is 5.32 Å². The Labute approximate surface area is 118 Å². The number of nitrogens with zero attached hydrogens (tertiary/aromatic N) is 1. The summed E-state index contributed by atoms with van der Waals surface area (Å²) in [7, 11) is 1.28. The van der Waals surface area contributed by atoms with Crippen LogP contribution in [0, 0.1) is 0 Å². The summed E-state index contributed by atoms with van der Waals surface area (Å²) in [6.45, 7) is 0.0508. The summed E-state index contributed by atoms with van der Waals surface area (Å²) in [6.07, 6.45) is 1.84. The Kier molecular flexibility index (Phi) is 4.21. The number of amides is 1. The molecular formula is C13H13BrN2O3. The predicted molar refractivity (Wildman–Crippen MR) is 74.7 cm³/mol. The van der Waals surface area contributed by atoms with Crippen molar-refractivity contribution < 1.29 is 14.3 Å². The van der Waals surface area contributed by atoms with Crippen molar-refractivity contribution in [2.75, 3.05) is 13.7 Å². The molecule has 0 saturated heterocycles. The zero-order chi connectivity index (χ0) is 13.8. The van der Waals surface area contributed by atoms with Crippen molar-refractivity contribution in [2.24, 2.45) is 0 Å². The monoisotopic (exact) mass is 324 g/mol. The number of carbonyl (C=O) groups is 2. The van der Waals surface area contributed by atoms with E-state index in [2.05, 4.69) is 26.0 Å². The Balaban J connectivity index is 2.07. The first-order valence-corrected chi connectivity index (χ1v) is 6.47. The van der Waals surface area contributed by atoms with Gasteiger partial charge in [0.05, 0.1) is 7.11 Å². The van der Waals surface area contributed by atoms with Crippen LogP contribution in [0.15, 0.2) is 34.9 Å². The molecule has 6 heteroatoms. The van der Waals surface area contributed by atoms with Crippen LogP contribution >= 0.6 is 15.9 Å². The van der Waals surface area contributed by atoms with E-state index in [4.69, 9.17) is 0 Å². The quantitative estimate of drug-likeness (QED) is 0.871. The molecule has 100 valence electrons. The van der Waals surface area contributed by atoms with Gasteiger partial charge in [-0.3, -0.25) is 9.59 Å². The molecule has 0 radical (unpaired) electrons. The fraction of sp³-hybridized carbons (Fsp3) is 0.231. The number of benzene rings is 1. The van der Waals surface area contributed by atoms with Crippen LogP contribution in [-0.4, -0.2) is 30.1 Å². The molecule has 0 atom stereocenters. The summed E-state index contributed by atoms with van der Waals surface area (Å²) in [5.74, 6) is -0.698. The number of halogens is 1. The number of aromatic nitrogens is 1. The van der Waals surface area contributed by atoms with Gasteiger partial charge in [-0.1, -0.05) is 22.0 Å². The van der Waals surface area contributed by atoms with Gasteiger partial charge in [0.15, 0.2) is 0 Å². The van der Waals surface area contributed by atoms with Crippen molar-refractivity contribution in [3.05, 3.63) is 34.9 Å². The molecule has 0 aliphatic carbocycles. The Morgan fingerprint density at radius 3 is 2.89 bits per heavy atom. The molecule has 0 saturated carbocycles. The molecule has 0 aliphatic heterocycles. The van der Waals surface area contributed by atoms with Gasteiger partial charge in [0, 0.05) is 16.2 Å². The van der Waals surface area contributed by atoms with Crippen LogP contribution in [0.5, 0.6) is 0 Å². The summed E-state index contributed by atoms with van der Waals surface area (Å²) in [5, 5.41) is 3.56. The number of nitrogens with one attached hydrogen (secondary N) is 1. The number of methoxy groups -OCH3 is 1. The first-order chi connectivity index (χ1) is 9.10. The van der Waals surface area contributed by atoms with Crippen LogP contribution in [0.1, 0.15) is 0 Å². The van der Waals surface area contributed by atoms with E-state index in [-0.39, 0.29) is 19.0 Å². The van der Waals surface area contributed by atoms with Crippen molar-refractivity contribution in [1.82, 2.24) is 9.88 Å². The lowest BCUT2D eigenvalue weighted by Gasteiger charge is -2.06. The van der Waals surface area contributed by atoms with Crippen LogP contribution in [0.2, 0.25) is 0 Å². The standard InChI is InChI=1S/C13H13BrN2O3/c1-19-13(18)7-15-12(17)8-16-5-4-9-2-3-10(14)6-11(9)16/h2-6H,7-8H2,1H3,(H,15,17). The molecule has 0 unspecified atom stereocenters. The van der Waals surface area contributed by atoms with E-state index < -0.39 is 5.97 Å². The number of hydrogen-bond acceptors (Lipinski definition) is 3. The maximum atomic E-state index is 11.7. The maximum absolute atomic E-state index is 11.7. The average molecular weight is 325 g/mol. The van der Waals surface area contributed by atoms with Crippen LogP contribution in [0.25, 0.3) is 10.9 Å². The molecule has 1 aromatic carbocycles. The lowest BCUT2D eigenvalue weighted by Crippen LogP contribution is -2.32. The van der Waals surface area contributed by atoms with Gasteiger partial charge < -0.3 is 14.6 Å². The summed E-state index contributed by atoms with van der Waals surface area (Å²) in [5.41, 5.74) is 0.961. The predicted octanol–water partition coefficient (Wildman–Crippen LogP) is 1.69. The smallest absolute Gasteiger partial charge is 0.325 e. The molecule has 2 aromatic rings. The third-order valence-electron chi connectivity index (χ3n) is 2.71. The van der Waals surface area contributed by atoms with Gasteiger partial charge in [-0.25, -0.2) is 0 Å². The van der Waals surface area contributed by atoms with Crippen molar-refractivity contribution in [2.45, 2.75) is 6.54 Å². The second-order valence-corrected chi connectivity index (χ2v) is 4.92. The van der Waals surface area contributed by atoms with E-state index in [1.54, 1.807) is 0 Å². The Morgan fingerprint density at radius 2 is 2.16 bits per heavy atom. The molecule has 0 spiro atoms. The normalized spacial score (nSPS) is 10.4. The highest BCUT2D eigenvalue weighted by atomic mass is 79.9. The number of hydrogen-bond donors (Lipinski definition) is 1. The molecule has 1 amide bonds. The van der Waals surface area contributed by atoms with E-state index in [9.17, 15) is 9.59 Å². The number of rotatable bonds is 4. The van der Waals surface area contributed by atoms with E-state index in [1.165, 1.54) is 7.11 Å². The summed E-state index contributed by atoms with van der Waals surface area (Å²) >= 11 is 3.40. The third kappa shape index (κ3) is 3.35. The molecule has 0 aliphatic rings. The summed E-state index contributed by atoms with van der Waals surface area (Å²) < 4.78 is 7.23. The SMILES string of the molecule is COC(=O)CNC(=O)Cn1ccc2ccc(Br)cc21. The Morgan fingerprint density at radius 1 is 1.37 bits per heavy atom. The van der Waals surface area contributed by atoms with Crippen molar-refractivity contribution in [3.8, 4) is 0 Å². The number of carbonyl (C=O) groups excluding carboxylic acids is 2. The molecular weight excluding hydrogens is 312 g/mol. The number of esters is 1. The van der Waals surface area contributed by atoms with Crippen molar-refractivity contribution in [3.63, 3.8) is 0 Å². The van der Waals surface area contributed by atoms with Crippen LogP contribution in [0.3, 0.4) is 0 Å². The van der Waals surface area contributed by atoms with Crippen molar-refractivity contribution in [1.29, 1.82) is 0 Å². The van der Waals surface area contributed by atoms with E-state index >= 15 is 0 Å². The molecule has 2 rings (SSSR count). The van der Waals surface area contributed by atoms with E-state index in [0.29, 0.717) is 0 Å². The highest BCUT2D eigenvalue weighted by Gasteiger charge is 2.08. The largest absolute Gasteiger partial charge is 0.468 e. The second kappa shape index (κ2) is 5.88. The lowest BCUT2D eigenvalue weighted by atomic mass is 10.2. The zero-order valence-electron chi connectivity index (χ0n) is 10.4. The maximum Gasteiger partial charge on any atom is 0.325 e. The minimum absolute atomic E-state index is 0.113. The number of ether oxygens (including phenoxy) is 1. The molecule has 0 fully saturated rings. The Hall–Kier alpha value is -1.82. The fourth-order valence-corrected chi connectivity index (χ4v) is 2.10.